The molecule has 1 unspecified atom stereocenters. The molecule has 0 fully saturated rings. The molecule has 0 aliphatic rings. The Morgan fingerprint density at radius 2 is 0.565 bits per heavy atom. The van der Waals surface area contributed by atoms with Crippen molar-refractivity contribution in [1.82, 2.24) is 0 Å². The Bertz CT molecular complexity index is 1380. The van der Waals surface area contributed by atoms with Crippen LogP contribution in [0.4, 0.5) is 0 Å². The van der Waals surface area contributed by atoms with Crippen molar-refractivity contribution in [1.29, 1.82) is 0 Å². The first-order chi connectivity index (χ1) is 34.0. The first kappa shape index (κ1) is 65.3. The normalized spacial score (nSPS) is 12.8. The van der Waals surface area contributed by atoms with Crippen molar-refractivity contribution in [3.8, 4) is 0 Å². The SMILES string of the molecule is CC/C=C\C/C=C\C/C=C\C/C=C\C/C=C\CCCCCC(=O)OCC(COC(=O)CCCCCCC/C=C\CCCCCCCC)OC(=O)CCCCCCCCC/C=C\C/C=C\CCCCC. The van der Waals surface area contributed by atoms with Gasteiger partial charge in [0.05, 0.1) is 0 Å². The summed E-state index contributed by atoms with van der Waals surface area (Å²) in [5, 5.41) is 0. The number of allylic oxidation sites excluding steroid dienone is 16. The molecule has 0 radical (unpaired) electrons. The maximum atomic E-state index is 12.9. The van der Waals surface area contributed by atoms with Crippen LogP contribution >= 0.6 is 0 Å². The lowest BCUT2D eigenvalue weighted by atomic mass is 10.1. The lowest BCUT2D eigenvalue weighted by Crippen LogP contribution is -2.30. The summed E-state index contributed by atoms with van der Waals surface area (Å²) in [6, 6.07) is 0. The van der Waals surface area contributed by atoms with Gasteiger partial charge < -0.3 is 14.2 Å². The van der Waals surface area contributed by atoms with Crippen molar-refractivity contribution in [2.45, 2.75) is 271 Å². The molecular weight excluding hydrogens is 853 g/mol. The van der Waals surface area contributed by atoms with Crippen LogP contribution in [0.2, 0.25) is 0 Å². The maximum Gasteiger partial charge on any atom is 0.306 e. The zero-order valence-electron chi connectivity index (χ0n) is 45.0. The third-order valence-electron chi connectivity index (χ3n) is 12.0. The summed E-state index contributed by atoms with van der Waals surface area (Å²) in [6.07, 6.45) is 75.3. The average molecular weight is 960 g/mol. The number of carbonyl (C=O) groups is 3. The van der Waals surface area contributed by atoms with E-state index in [0.717, 1.165) is 116 Å². The van der Waals surface area contributed by atoms with Gasteiger partial charge >= 0.3 is 17.9 Å². The fourth-order valence-electron chi connectivity index (χ4n) is 7.73. The molecule has 0 aromatic carbocycles. The Kier molecular flexibility index (Phi) is 53.9. The molecule has 0 amide bonds. The van der Waals surface area contributed by atoms with Gasteiger partial charge in [-0.2, -0.15) is 0 Å². The van der Waals surface area contributed by atoms with Crippen LogP contribution in [0.3, 0.4) is 0 Å². The molecule has 394 valence electrons. The van der Waals surface area contributed by atoms with Gasteiger partial charge in [0.1, 0.15) is 13.2 Å². The van der Waals surface area contributed by atoms with Crippen LogP contribution in [0, 0.1) is 0 Å². The molecule has 0 bridgehead atoms. The van der Waals surface area contributed by atoms with E-state index in [-0.39, 0.29) is 31.1 Å². The van der Waals surface area contributed by atoms with Crippen LogP contribution in [0.15, 0.2) is 97.2 Å². The van der Waals surface area contributed by atoms with E-state index in [4.69, 9.17) is 14.2 Å². The second-order valence-electron chi connectivity index (χ2n) is 18.8. The van der Waals surface area contributed by atoms with Gasteiger partial charge in [0.15, 0.2) is 6.10 Å². The predicted octanol–water partition coefficient (Wildman–Crippen LogP) is 19.3. The Morgan fingerprint density at radius 3 is 0.942 bits per heavy atom. The van der Waals surface area contributed by atoms with E-state index in [1.165, 1.54) is 109 Å². The van der Waals surface area contributed by atoms with Crippen LogP contribution in [-0.2, 0) is 28.6 Å². The molecule has 0 saturated heterocycles. The van der Waals surface area contributed by atoms with Gasteiger partial charge in [0, 0.05) is 19.3 Å². The molecule has 0 aromatic rings. The minimum atomic E-state index is -0.800. The summed E-state index contributed by atoms with van der Waals surface area (Å²) < 4.78 is 16.8. The van der Waals surface area contributed by atoms with E-state index in [2.05, 4.69) is 118 Å². The van der Waals surface area contributed by atoms with Gasteiger partial charge in [-0.25, -0.2) is 0 Å². The molecule has 0 spiro atoms. The second-order valence-corrected chi connectivity index (χ2v) is 18.8. The molecule has 0 saturated carbocycles. The minimum absolute atomic E-state index is 0.0961. The number of hydrogen-bond acceptors (Lipinski definition) is 6. The van der Waals surface area contributed by atoms with Crippen molar-refractivity contribution in [3.05, 3.63) is 97.2 Å². The van der Waals surface area contributed by atoms with E-state index in [1.807, 2.05) is 0 Å². The molecule has 1 atom stereocenters. The fraction of sp³-hybridized carbons (Fsp3) is 0.698. The molecule has 6 heteroatoms. The minimum Gasteiger partial charge on any atom is -0.462 e. The Hall–Kier alpha value is -3.67. The summed E-state index contributed by atoms with van der Waals surface area (Å²) in [5.74, 6) is -0.942. The second kappa shape index (κ2) is 56.9. The van der Waals surface area contributed by atoms with Crippen LogP contribution in [0.5, 0.6) is 0 Å². The maximum absolute atomic E-state index is 12.9. The standard InChI is InChI=1S/C63H106O6/c1-4-7-10-13-16-19-22-25-28-30-31-33-35-38-41-44-47-50-53-56-62(65)68-59-60(58-67-61(64)55-52-49-46-43-40-37-34-27-24-21-18-15-12-9-6-3)69-63(66)57-54-51-48-45-42-39-36-32-29-26-23-20-17-14-11-8-5-2/h7,10,16-17,19-20,25-29,31,33-34,38,41,60H,4-6,8-9,11-15,18,21-24,30,32,35-37,39-40,42-59H2,1-3H3/b10-7-,19-16-,20-17-,28-25-,29-26-,33-31-,34-27-,41-38-. The zero-order chi connectivity index (χ0) is 50.0. The summed E-state index contributed by atoms with van der Waals surface area (Å²) in [7, 11) is 0. The molecule has 0 aliphatic heterocycles. The largest absolute Gasteiger partial charge is 0.462 e. The molecule has 69 heavy (non-hydrogen) atoms. The van der Waals surface area contributed by atoms with Crippen molar-refractivity contribution >= 4 is 17.9 Å². The molecule has 0 aromatic heterocycles. The number of esters is 3. The fourth-order valence-corrected chi connectivity index (χ4v) is 7.73. The van der Waals surface area contributed by atoms with E-state index < -0.39 is 6.10 Å². The zero-order valence-corrected chi connectivity index (χ0v) is 45.0. The van der Waals surface area contributed by atoms with E-state index in [1.54, 1.807) is 0 Å². The van der Waals surface area contributed by atoms with Gasteiger partial charge in [-0.15, -0.1) is 0 Å². The van der Waals surface area contributed by atoms with E-state index in [9.17, 15) is 14.4 Å². The molecule has 6 nitrogen and oxygen atoms in total. The van der Waals surface area contributed by atoms with Crippen LogP contribution in [0.25, 0.3) is 0 Å². The third kappa shape index (κ3) is 55.1. The molecule has 0 heterocycles. The number of rotatable bonds is 51. The van der Waals surface area contributed by atoms with Gasteiger partial charge in [-0.05, 0) is 122 Å². The first-order valence-corrected chi connectivity index (χ1v) is 28.7. The lowest BCUT2D eigenvalue weighted by molar-refractivity contribution is -0.167. The Labute approximate surface area is 426 Å². The van der Waals surface area contributed by atoms with Crippen molar-refractivity contribution in [2.24, 2.45) is 0 Å². The predicted molar refractivity (Wildman–Crippen MR) is 297 cm³/mol. The van der Waals surface area contributed by atoms with Gasteiger partial charge in [-0.3, -0.25) is 14.4 Å². The van der Waals surface area contributed by atoms with Crippen molar-refractivity contribution < 1.29 is 28.6 Å². The molecule has 0 rings (SSSR count). The Morgan fingerprint density at radius 1 is 0.304 bits per heavy atom. The lowest BCUT2D eigenvalue weighted by Gasteiger charge is -2.18. The highest BCUT2D eigenvalue weighted by Gasteiger charge is 2.19. The molecular formula is C63H106O6. The van der Waals surface area contributed by atoms with Crippen molar-refractivity contribution in [2.75, 3.05) is 13.2 Å². The average Bonchev–Trinajstić information content (AvgIpc) is 3.35. The Balaban J connectivity index is 4.48. The number of carbonyl (C=O) groups excluding carboxylic acids is 3. The monoisotopic (exact) mass is 959 g/mol. The highest BCUT2D eigenvalue weighted by Crippen LogP contribution is 2.14. The highest BCUT2D eigenvalue weighted by atomic mass is 16.6. The molecule has 0 aliphatic carbocycles. The van der Waals surface area contributed by atoms with Gasteiger partial charge in [0.2, 0.25) is 0 Å². The van der Waals surface area contributed by atoms with Crippen LogP contribution < -0.4 is 0 Å². The van der Waals surface area contributed by atoms with Crippen LogP contribution in [0.1, 0.15) is 265 Å². The number of ether oxygens (including phenoxy) is 3. The third-order valence-corrected chi connectivity index (χ3v) is 12.0. The molecule has 0 N–H and O–H groups in total. The summed E-state index contributed by atoms with van der Waals surface area (Å²) in [4.78, 5) is 38.2. The smallest absolute Gasteiger partial charge is 0.306 e. The van der Waals surface area contributed by atoms with E-state index in [0.29, 0.717) is 19.3 Å². The van der Waals surface area contributed by atoms with Crippen molar-refractivity contribution in [3.63, 3.8) is 0 Å². The topological polar surface area (TPSA) is 78.9 Å². The number of unbranched alkanes of at least 4 members (excludes halogenated alkanes) is 24. The summed E-state index contributed by atoms with van der Waals surface area (Å²) in [5.41, 5.74) is 0. The quantitative estimate of drug-likeness (QED) is 0.0262. The number of hydrogen-bond donors (Lipinski definition) is 0. The summed E-state index contributed by atoms with van der Waals surface area (Å²) >= 11 is 0. The highest BCUT2D eigenvalue weighted by molar-refractivity contribution is 5.71. The van der Waals surface area contributed by atoms with Gasteiger partial charge in [-0.1, -0.05) is 221 Å². The van der Waals surface area contributed by atoms with Gasteiger partial charge in [0.25, 0.3) is 0 Å². The summed E-state index contributed by atoms with van der Waals surface area (Å²) in [6.45, 7) is 6.46. The van der Waals surface area contributed by atoms with Crippen LogP contribution in [-0.4, -0.2) is 37.2 Å². The van der Waals surface area contributed by atoms with E-state index >= 15 is 0 Å². The first-order valence-electron chi connectivity index (χ1n) is 28.7.